The Kier molecular flexibility index (Phi) is 5.59. The second-order valence-corrected chi connectivity index (χ2v) is 7.88. The molecule has 2 heterocycles. The number of aliphatic carboxylic acids is 2. The Morgan fingerprint density at radius 1 is 1.06 bits per heavy atom. The Morgan fingerprint density at radius 2 is 1.81 bits per heavy atom. The molecule has 0 unspecified atom stereocenters. The molecule has 3 N–H and O–H groups in total. The number of rotatable bonds is 6. The van der Waals surface area contributed by atoms with E-state index in [-0.39, 0.29) is 18.9 Å². The number of fused-ring (bicyclic) bond motifs is 1. The molecular weight excluding hydrogens is 418 g/mol. The molecule has 0 spiro atoms. The van der Waals surface area contributed by atoms with Gasteiger partial charge in [0.15, 0.2) is 5.17 Å². The van der Waals surface area contributed by atoms with Gasteiger partial charge in [-0.15, -0.1) is 0 Å². The van der Waals surface area contributed by atoms with Crippen molar-refractivity contribution in [2.24, 2.45) is 4.99 Å². The standard InChI is InChI=1S/C22H17N3O5S/c26-19(27)9-13-5-7-15(8-6-13)23-22-24-21(30)18(31-22)10-14-11-25(12-20(28)29)17-4-2-1-3-16(14)17/h1-8,10-11H,9,12H2,(H,26,27)(H,28,29)(H,23,24,30). The second-order valence-electron chi connectivity index (χ2n) is 6.85. The van der Waals surface area contributed by atoms with Gasteiger partial charge < -0.3 is 20.1 Å². The summed E-state index contributed by atoms with van der Waals surface area (Å²) in [6.07, 6.45) is 3.37. The molecule has 9 heteroatoms. The minimum absolute atomic E-state index is 0.0587. The number of carboxylic acids is 2. The van der Waals surface area contributed by atoms with Crippen LogP contribution in [0.3, 0.4) is 0 Å². The highest BCUT2D eigenvalue weighted by Crippen LogP contribution is 2.32. The summed E-state index contributed by atoms with van der Waals surface area (Å²) >= 11 is 1.19. The Morgan fingerprint density at radius 3 is 2.52 bits per heavy atom. The summed E-state index contributed by atoms with van der Waals surface area (Å²) in [7, 11) is 0. The van der Waals surface area contributed by atoms with Crippen LogP contribution in [0.4, 0.5) is 5.69 Å². The number of benzene rings is 2. The van der Waals surface area contributed by atoms with Gasteiger partial charge in [0.1, 0.15) is 6.54 Å². The van der Waals surface area contributed by atoms with E-state index in [2.05, 4.69) is 10.3 Å². The lowest BCUT2D eigenvalue weighted by Crippen LogP contribution is -2.07. The molecular formula is C22H17N3O5S. The van der Waals surface area contributed by atoms with Gasteiger partial charge in [-0.05, 0) is 41.6 Å². The van der Waals surface area contributed by atoms with Crippen LogP contribution in [-0.2, 0) is 27.3 Å². The van der Waals surface area contributed by atoms with Crippen LogP contribution in [0.25, 0.3) is 17.0 Å². The molecule has 1 aromatic heterocycles. The van der Waals surface area contributed by atoms with Gasteiger partial charge in [-0.3, -0.25) is 14.4 Å². The van der Waals surface area contributed by atoms with E-state index in [1.807, 2.05) is 24.3 Å². The van der Waals surface area contributed by atoms with Gasteiger partial charge in [0.2, 0.25) is 0 Å². The zero-order valence-corrected chi connectivity index (χ0v) is 16.9. The predicted molar refractivity (Wildman–Crippen MR) is 119 cm³/mol. The summed E-state index contributed by atoms with van der Waals surface area (Å²) in [5, 5.41) is 22.3. The highest BCUT2D eigenvalue weighted by Gasteiger charge is 2.23. The monoisotopic (exact) mass is 435 g/mol. The third kappa shape index (κ3) is 4.67. The number of hydrogen-bond acceptors (Lipinski definition) is 5. The number of aliphatic imine (C=N–C) groups is 1. The molecule has 2 aromatic carbocycles. The van der Waals surface area contributed by atoms with Crippen LogP contribution in [0.15, 0.2) is 64.6 Å². The van der Waals surface area contributed by atoms with E-state index in [0.717, 1.165) is 16.5 Å². The molecule has 0 atom stereocenters. The highest BCUT2D eigenvalue weighted by atomic mass is 32.2. The topological polar surface area (TPSA) is 121 Å². The number of amides is 1. The van der Waals surface area contributed by atoms with Gasteiger partial charge in [0.05, 0.1) is 11.3 Å². The summed E-state index contributed by atoms with van der Waals surface area (Å²) in [4.78, 5) is 38.8. The van der Waals surface area contributed by atoms with E-state index in [4.69, 9.17) is 10.2 Å². The summed E-state index contributed by atoms with van der Waals surface area (Å²) in [5.74, 6) is -2.23. The molecule has 0 aliphatic carbocycles. The molecule has 0 saturated carbocycles. The van der Waals surface area contributed by atoms with Crippen LogP contribution in [0.5, 0.6) is 0 Å². The molecule has 156 valence electrons. The molecule has 1 aliphatic rings. The first kappa shape index (κ1) is 20.4. The molecule has 8 nitrogen and oxygen atoms in total. The third-order valence-corrected chi connectivity index (χ3v) is 5.49. The Bertz CT molecular complexity index is 1260. The fourth-order valence-corrected chi connectivity index (χ4v) is 4.10. The van der Waals surface area contributed by atoms with Crippen LogP contribution >= 0.6 is 11.8 Å². The van der Waals surface area contributed by atoms with Crippen molar-refractivity contribution in [2.75, 3.05) is 5.32 Å². The van der Waals surface area contributed by atoms with Gasteiger partial charge in [-0.25, -0.2) is 0 Å². The molecule has 0 saturated heterocycles. The maximum Gasteiger partial charge on any atom is 0.323 e. The average molecular weight is 435 g/mol. The van der Waals surface area contributed by atoms with Crippen molar-refractivity contribution in [2.45, 2.75) is 13.0 Å². The molecule has 3 aromatic rings. The maximum atomic E-state index is 12.4. The lowest BCUT2D eigenvalue weighted by Gasteiger charge is -2.05. The van der Waals surface area contributed by atoms with E-state index in [1.165, 1.54) is 11.8 Å². The average Bonchev–Trinajstić information content (AvgIpc) is 3.23. The van der Waals surface area contributed by atoms with Crippen molar-refractivity contribution in [3.8, 4) is 0 Å². The second kappa shape index (κ2) is 8.49. The van der Waals surface area contributed by atoms with Crippen LogP contribution in [0.2, 0.25) is 0 Å². The lowest BCUT2D eigenvalue weighted by atomic mass is 10.1. The van der Waals surface area contributed by atoms with Gasteiger partial charge in [-0.2, -0.15) is 4.99 Å². The van der Waals surface area contributed by atoms with Crippen LogP contribution in [0.1, 0.15) is 11.1 Å². The zero-order chi connectivity index (χ0) is 22.0. The summed E-state index contributed by atoms with van der Waals surface area (Å²) < 4.78 is 1.63. The number of nitrogens with one attached hydrogen (secondary N) is 1. The zero-order valence-electron chi connectivity index (χ0n) is 16.1. The Labute approximate surface area is 180 Å². The number of carboxylic acid groups (broad SMARTS) is 2. The first-order chi connectivity index (χ1) is 14.9. The number of para-hydroxylation sites is 1. The first-order valence-electron chi connectivity index (χ1n) is 9.29. The number of thioether (sulfide) groups is 1. The number of amidine groups is 1. The van der Waals surface area contributed by atoms with Crippen molar-refractivity contribution in [1.82, 2.24) is 4.57 Å². The van der Waals surface area contributed by atoms with Crippen LogP contribution in [-0.4, -0.2) is 37.8 Å². The third-order valence-electron chi connectivity index (χ3n) is 4.59. The number of carbonyl (C=O) groups excluding carboxylic acids is 1. The normalized spacial score (nSPS) is 14.8. The maximum absolute atomic E-state index is 12.4. The number of carbonyl (C=O) groups is 3. The quantitative estimate of drug-likeness (QED) is 0.507. The first-order valence-corrected chi connectivity index (χ1v) is 10.1. The molecule has 0 radical (unpaired) electrons. The fourth-order valence-electron chi connectivity index (χ4n) is 3.27. The molecule has 4 rings (SSSR count). The Hall–Kier alpha value is -3.85. The number of hydrogen-bond donors (Lipinski definition) is 3. The summed E-state index contributed by atoms with van der Waals surface area (Å²) in [6, 6.07) is 14.3. The molecule has 0 bridgehead atoms. The highest BCUT2D eigenvalue weighted by molar-refractivity contribution is 8.18. The predicted octanol–water partition coefficient (Wildman–Crippen LogP) is 3.44. The van der Waals surface area contributed by atoms with Crippen molar-refractivity contribution < 1.29 is 24.6 Å². The lowest BCUT2D eigenvalue weighted by molar-refractivity contribution is -0.138. The van der Waals surface area contributed by atoms with Gasteiger partial charge in [0, 0.05) is 28.4 Å². The van der Waals surface area contributed by atoms with Crippen molar-refractivity contribution in [3.63, 3.8) is 0 Å². The van der Waals surface area contributed by atoms with E-state index < -0.39 is 11.9 Å². The molecule has 0 fully saturated rings. The van der Waals surface area contributed by atoms with Crippen molar-refractivity contribution >= 4 is 57.4 Å². The van der Waals surface area contributed by atoms with E-state index in [0.29, 0.717) is 21.3 Å². The minimum Gasteiger partial charge on any atom is -0.481 e. The Balaban J connectivity index is 1.53. The van der Waals surface area contributed by atoms with E-state index >= 15 is 0 Å². The summed E-state index contributed by atoms with van der Waals surface area (Å²) in [6.45, 7) is -0.175. The molecule has 31 heavy (non-hydrogen) atoms. The van der Waals surface area contributed by atoms with Gasteiger partial charge >= 0.3 is 11.9 Å². The van der Waals surface area contributed by atoms with Crippen LogP contribution < -0.4 is 5.32 Å². The van der Waals surface area contributed by atoms with E-state index in [9.17, 15) is 14.4 Å². The largest absolute Gasteiger partial charge is 0.481 e. The SMILES string of the molecule is O=C(O)Cc1ccc(NC2=NC(=O)C(=Cc3cn(CC(=O)O)c4ccccc34)S2)cc1. The number of nitrogens with zero attached hydrogens (tertiary/aromatic N) is 2. The smallest absolute Gasteiger partial charge is 0.323 e. The number of anilines is 1. The molecule has 1 aliphatic heterocycles. The van der Waals surface area contributed by atoms with Crippen molar-refractivity contribution in [3.05, 3.63) is 70.8 Å². The van der Waals surface area contributed by atoms with Gasteiger partial charge in [0.25, 0.3) is 5.91 Å². The number of aromatic nitrogens is 1. The molecule has 1 amide bonds. The van der Waals surface area contributed by atoms with Gasteiger partial charge in [-0.1, -0.05) is 30.3 Å². The summed E-state index contributed by atoms with van der Waals surface area (Å²) in [5.41, 5.74) is 2.87. The van der Waals surface area contributed by atoms with Crippen molar-refractivity contribution in [1.29, 1.82) is 0 Å². The minimum atomic E-state index is -0.949. The fraction of sp³-hybridized carbons (Fsp3) is 0.0909. The van der Waals surface area contributed by atoms with Crippen LogP contribution in [0, 0.1) is 0 Å². The van der Waals surface area contributed by atoms with E-state index in [1.54, 1.807) is 41.1 Å².